The molecule has 1 fully saturated rings. The van der Waals surface area contributed by atoms with E-state index in [9.17, 15) is 0 Å². The lowest BCUT2D eigenvalue weighted by Crippen LogP contribution is -2.45. The van der Waals surface area contributed by atoms with E-state index in [0.717, 1.165) is 18.6 Å². The normalized spacial score (nSPS) is 27.6. The van der Waals surface area contributed by atoms with Gasteiger partial charge in [-0.1, -0.05) is 13.3 Å². The summed E-state index contributed by atoms with van der Waals surface area (Å²) in [6.07, 6.45) is 5.48. The lowest BCUT2D eigenvalue weighted by atomic mass is 9.99. The molecule has 2 heteroatoms. The number of rotatable bonds is 5. The van der Waals surface area contributed by atoms with Crippen molar-refractivity contribution in [2.45, 2.75) is 71.5 Å². The molecule has 0 radical (unpaired) electrons. The van der Waals surface area contributed by atoms with Gasteiger partial charge in [0.05, 0.1) is 0 Å². The van der Waals surface area contributed by atoms with E-state index in [2.05, 4.69) is 37.9 Å². The molecule has 0 amide bonds. The Labute approximate surface area is 95.4 Å². The molecule has 15 heavy (non-hydrogen) atoms. The predicted octanol–water partition coefficient (Wildman–Crippen LogP) is 2.64. The zero-order valence-electron chi connectivity index (χ0n) is 10.9. The van der Waals surface area contributed by atoms with Gasteiger partial charge in [0.25, 0.3) is 0 Å². The number of nitrogens with one attached hydrogen (secondary N) is 1. The van der Waals surface area contributed by atoms with Crippen molar-refractivity contribution in [2.75, 3.05) is 13.1 Å². The minimum atomic E-state index is 0.652. The van der Waals surface area contributed by atoms with Crippen molar-refractivity contribution in [3.63, 3.8) is 0 Å². The summed E-state index contributed by atoms with van der Waals surface area (Å²) in [7, 11) is 0. The highest BCUT2D eigenvalue weighted by Crippen LogP contribution is 2.20. The number of likely N-dealkylation sites (tertiary alicyclic amines) is 1. The van der Waals surface area contributed by atoms with Crippen LogP contribution in [0.3, 0.4) is 0 Å². The van der Waals surface area contributed by atoms with Crippen LogP contribution in [0.25, 0.3) is 0 Å². The van der Waals surface area contributed by atoms with Gasteiger partial charge in [0.1, 0.15) is 0 Å². The molecule has 0 aliphatic carbocycles. The lowest BCUT2D eigenvalue weighted by molar-refractivity contribution is 0.104. The van der Waals surface area contributed by atoms with Crippen LogP contribution < -0.4 is 5.32 Å². The molecule has 0 spiro atoms. The highest BCUT2D eigenvalue weighted by atomic mass is 15.2. The van der Waals surface area contributed by atoms with E-state index in [1.807, 2.05) is 0 Å². The maximum atomic E-state index is 3.50. The van der Waals surface area contributed by atoms with E-state index < -0.39 is 0 Å². The van der Waals surface area contributed by atoms with Gasteiger partial charge in [-0.2, -0.15) is 0 Å². The lowest BCUT2D eigenvalue weighted by Gasteiger charge is -2.39. The SMILES string of the molecule is CCNC(C)CC(C)N1CCCCC1C. The van der Waals surface area contributed by atoms with E-state index in [1.165, 1.54) is 32.2 Å². The Balaban J connectivity index is 2.34. The van der Waals surface area contributed by atoms with Gasteiger partial charge in [0.2, 0.25) is 0 Å². The first-order valence-electron chi connectivity index (χ1n) is 6.64. The third kappa shape index (κ3) is 4.12. The summed E-state index contributed by atoms with van der Waals surface area (Å²) in [5.41, 5.74) is 0. The zero-order valence-corrected chi connectivity index (χ0v) is 10.9. The molecule has 0 aromatic heterocycles. The summed E-state index contributed by atoms with van der Waals surface area (Å²) < 4.78 is 0. The number of hydrogen-bond donors (Lipinski definition) is 1. The Morgan fingerprint density at radius 3 is 2.67 bits per heavy atom. The molecule has 0 saturated carbocycles. The quantitative estimate of drug-likeness (QED) is 0.753. The summed E-state index contributed by atoms with van der Waals surface area (Å²) in [4.78, 5) is 2.69. The Morgan fingerprint density at radius 2 is 2.07 bits per heavy atom. The molecule has 1 N–H and O–H groups in total. The minimum absolute atomic E-state index is 0.652. The molecule has 2 nitrogen and oxygen atoms in total. The van der Waals surface area contributed by atoms with E-state index in [-0.39, 0.29) is 0 Å². The van der Waals surface area contributed by atoms with Crippen molar-refractivity contribution in [1.82, 2.24) is 10.2 Å². The number of hydrogen-bond acceptors (Lipinski definition) is 2. The van der Waals surface area contributed by atoms with Crippen LogP contribution in [-0.2, 0) is 0 Å². The largest absolute Gasteiger partial charge is 0.314 e. The van der Waals surface area contributed by atoms with Crippen LogP contribution >= 0.6 is 0 Å². The third-order valence-corrected chi connectivity index (χ3v) is 3.67. The van der Waals surface area contributed by atoms with Crippen LogP contribution in [0.2, 0.25) is 0 Å². The molecule has 3 atom stereocenters. The second kappa shape index (κ2) is 6.49. The summed E-state index contributed by atoms with van der Waals surface area (Å²) in [6, 6.07) is 2.18. The highest BCUT2D eigenvalue weighted by Gasteiger charge is 2.23. The Morgan fingerprint density at radius 1 is 1.33 bits per heavy atom. The second-order valence-electron chi connectivity index (χ2n) is 5.13. The highest BCUT2D eigenvalue weighted by molar-refractivity contribution is 4.80. The standard InChI is InChI=1S/C13H28N2/c1-5-14-11(2)10-13(4)15-9-7-6-8-12(15)3/h11-14H,5-10H2,1-4H3. The maximum absolute atomic E-state index is 3.50. The fourth-order valence-corrected chi connectivity index (χ4v) is 2.85. The van der Waals surface area contributed by atoms with Gasteiger partial charge in [0, 0.05) is 18.1 Å². The average molecular weight is 212 g/mol. The summed E-state index contributed by atoms with van der Waals surface area (Å²) in [5.74, 6) is 0. The van der Waals surface area contributed by atoms with E-state index >= 15 is 0 Å². The summed E-state index contributed by atoms with van der Waals surface area (Å²) in [6.45, 7) is 11.6. The van der Waals surface area contributed by atoms with Gasteiger partial charge >= 0.3 is 0 Å². The Bertz CT molecular complexity index is 170. The first kappa shape index (κ1) is 13.0. The van der Waals surface area contributed by atoms with Crippen molar-refractivity contribution in [1.29, 1.82) is 0 Å². The van der Waals surface area contributed by atoms with Crippen LogP contribution in [0.5, 0.6) is 0 Å². The van der Waals surface area contributed by atoms with Crippen LogP contribution in [0.1, 0.15) is 53.4 Å². The van der Waals surface area contributed by atoms with Crippen molar-refractivity contribution in [3.8, 4) is 0 Å². The van der Waals surface area contributed by atoms with Gasteiger partial charge in [-0.25, -0.2) is 0 Å². The fraction of sp³-hybridized carbons (Fsp3) is 1.00. The van der Waals surface area contributed by atoms with E-state index in [4.69, 9.17) is 0 Å². The predicted molar refractivity (Wildman–Crippen MR) is 67.2 cm³/mol. The fourth-order valence-electron chi connectivity index (χ4n) is 2.85. The third-order valence-electron chi connectivity index (χ3n) is 3.67. The molecule has 1 rings (SSSR count). The maximum Gasteiger partial charge on any atom is 0.00844 e. The molecule has 0 aromatic rings. The topological polar surface area (TPSA) is 15.3 Å². The Kier molecular flexibility index (Phi) is 5.62. The summed E-state index contributed by atoms with van der Waals surface area (Å²) in [5, 5.41) is 3.50. The smallest absolute Gasteiger partial charge is 0.00844 e. The van der Waals surface area contributed by atoms with Gasteiger partial charge in [-0.05, 0) is 53.1 Å². The molecular weight excluding hydrogens is 184 g/mol. The Hall–Kier alpha value is -0.0800. The van der Waals surface area contributed by atoms with Crippen LogP contribution in [0.4, 0.5) is 0 Å². The number of nitrogens with zero attached hydrogens (tertiary/aromatic N) is 1. The summed E-state index contributed by atoms with van der Waals surface area (Å²) >= 11 is 0. The molecule has 0 bridgehead atoms. The van der Waals surface area contributed by atoms with Crippen LogP contribution in [0, 0.1) is 0 Å². The van der Waals surface area contributed by atoms with Crippen molar-refractivity contribution in [2.24, 2.45) is 0 Å². The molecule has 1 heterocycles. The first-order valence-corrected chi connectivity index (χ1v) is 6.64. The molecule has 3 unspecified atom stereocenters. The van der Waals surface area contributed by atoms with Gasteiger partial charge in [-0.15, -0.1) is 0 Å². The van der Waals surface area contributed by atoms with Crippen LogP contribution in [-0.4, -0.2) is 36.1 Å². The average Bonchev–Trinajstić information content (AvgIpc) is 2.18. The first-order chi connectivity index (χ1) is 7.15. The molecule has 0 aromatic carbocycles. The molecule has 1 saturated heterocycles. The molecular formula is C13H28N2. The van der Waals surface area contributed by atoms with Gasteiger partial charge in [0.15, 0.2) is 0 Å². The second-order valence-corrected chi connectivity index (χ2v) is 5.13. The minimum Gasteiger partial charge on any atom is -0.314 e. The monoisotopic (exact) mass is 212 g/mol. The molecule has 90 valence electrons. The van der Waals surface area contributed by atoms with Crippen molar-refractivity contribution >= 4 is 0 Å². The van der Waals surface area contributed by atoms with Crippen LogP contribution in [0.15, 0.2) is 0 Å². The molecule has 1 aliphatic rings. The number of piperidine rings is 1. The van der Waals surface area contributed by atoms with Gasteiger partial charge < -0.3 is 5.32 Å². The zero-order chi connectivity index (χ0) is 11.3. The van der Waals surface area contributed by atoms with Gasteiger partial charge in [-0.3, -0.25) is 4.90 Å². The molecule has 1 aliphatic heterocycles. The van der Waals surface area contributed by atoms with E-state index in [0.29, 0.717) is 6.04 Å². The van der Waals surface area contributed by atoms with Crippen molar-refractivity contribution < 1.29 is 0 Å². The van der Waals surface area contributed by atoms with Crippen molar-refractivity contribution in [3.05, 3.63) is 0 Å². The van der Waals surface area contributed by atoms with E-state index in [1.54, 1.807) is 0 Å².